The molecule has 3 aromatic rings. The van der Waals surface area contributed by atoms with Crippen molar-refractivity contribution in [3.63, 3.8) is 0 Å². The van der Waals surface area contributed by atoms with Crippen LogP contribution in [0, 0.1) is 0 Å². The van der Waals surface area contributed by atoms with Gasteiger partial charge in [0.25, 0.3) is 0 Å². The van der Waals surface area contributed by atoms with Crippen molar-refractivity contribution in [2.75, 3.05) is 12.3 Å². The number of aromatic amines is 1. The molecule has 2 aromatic heterocycles. The number of rotatable bonds is 7. The van der Waals surface area contributed by atoms with Gasteiger partial charge < -0.3 is 10.3 Å². The van der Waals surface area contributed by atoms with E-state index in [2.05, 4.69) is 38.0 Å². The van der Waals surface area contributed by atoms with Gasteiger partial charge in [0.15, 0.2) is 0 Å². The highest BCUT2D eigenvalue weighted by molar-refractivity contribution is 7.99. The van der Waals surface area contributed by atoms with Crippen LogP contribution in [0.15, 0.2) is 35.6 Å². The first-order valence-corrected chi connectivity index (χ1v) is 8.39. The molecule has 23 heavy (non-hydrogen) atoms. The molecule has 0 unspecified atom stereocenters. The van der Waals surface area contributed by atoms with E-state index in [1.807, 2.05) is 18.3 Å². The Balaban J connectivity index is 1.40. The van der Waals surface area contributed by atoms with E-state index in [0.29, 0.717) is 18.7 Å². The van der Waals surface area contributed by atoms with E-state index >= 15 is 0 Å². The second-order valence-corrected chi connectivity index (χ2v) is 6.21. The molecule has 7 nitrogen and oxygen atoms in total. The van der Waals surface area contributed by atoms with E-state index in [1.54, 1.807) is 11.7 Å². The van der Waals surface area contributed by atoms with Crippen molar-refractivity contribution >= 4 is 28.6 Å². The normalized spacial score (nSPS) is 11.0. The molecule has 8 heteroatoms. The fourth-order valence-electron chi connectivity index (χ4n) is 2.34. The van der Waals surface area contributed by atoms with Crippen molar-refractivity contribution in [1.82, 2.24) is 30.5 Å². The summed E-state index contributed by atoms with van der Waals surface area (Å²) in [5, 5.41) is 16.1. The number of fused-ring (bicyclic) bond motifs is 1. The van der Waals surface area contributed by atoms with Crippen LogP contribution in [0.1, 0.15) is 12.0 Å². The van der Waals surface area contributed by atoms with Crippen LogP contribution in [0.5, 0.6) is 0 Å². The Morgan fingerprint density at radius 1 is 1.39 bits per heavy atom. The lowest BCUT2D eigenvalue weighted by atomic mass is 10.1. The third kappa shape index (κ3) is 3.89. The third-order valence-corrected chi connectivity index (χ3v) is 4.55. The van der Waals surface area contributed by atoms with Crippen molar-refractivity contribution in [2.24, 2.45) is 7.05 Å². The molecule has 0 saturated heterocycles. The molecule has 0 fully saturated rings. The zero-order chi connectivity index (χ0) is 16.1. The lowest BCUT2D eigenvalue weighted by Crippen LogP contribution is -2.25. The number of amides is 1. The molecule has 0 aliphatic rings. The van der Waals surface area contributed by atoms with Gasteiger partial charge >= 0.3 is 0 Å². The third-order valence-electron chi connectivity index (χ3n) is 3.53. The minimum Gasteiger partial charge on any atom is -0.361 e. The Labute approximate surface area is 137 Å². The first-order valence-electron chi connectivity index (χ1n) is 7.41. The molecule has 120 valence electrons. The maximum Gasteiger partial charge on any atom is 0.220 e. The van der Waals surface area contributed by atoms with Crippen LogP contribution >= 0.6 is 11.8 Å². The number of aromatic nitrogens is 5. The van der Waals surface area contributed by atoms with Crippen LogP contribution in [-0.4, -0.2) is 43.4 Å². The molecule has 0 aliphatic carbocycles. The highest BCUT2D eigenvalue weighted by atomic mass is 32.2. The highest BCUT2D eigenvalue weighted by Gasteiger charge is 2.07. The summed E-state index contributed by atoms with van der Waals surface area (Å²) in [5.41, 5.74) is 2.35. The fraction of sp³-hybridized carbons (Fsp3) is 0.333. The van der Waals surface area contributed by atoms with Gasteiger partial charge in [-0.3, -0.25) is 4.79 Å². The number of benzene rings is 1. The van der Waals surface area contributed by atoms with Crippen LogP contribution in [0.2, 0.25) is 0 Å². The molecule has 1 aromatic carbocycles. The zero-order valence-corrected chi connectivity index (χ0v) is 13.6. The number of carbonyl (C=O) groups is 1. The molecule has 0 aliphatic heterocycles. The summed E-state index contributed by atoms with van der Waals surface area (Å²) in [6.45, 7) is 0.636. The number of hydrogen-bond donors (Lipinski definition) is 2. The lowest BCUT2D eigenvalue weighted by molar-refractivity contribution is -0.120. The minimum atomic E-state index is 0.0486. The van der Waals surface area contributed by atoms with Crippen molar-refractivity contribution in [3.8, 4) is 0 Å². The van der Waals surface area contributed by atoms with Crippen LogP contribution in [-0.2, 0) is 18.3 Å². The average Bonchev–Trinajstić information content (AvgIpc) is 3.15. The van der Waals surface area contributed by atoms with Gasteiger partial charge in [0.2, 0.25) is 11.1 Å². The van der Waals surface area contributed by atoms with Gasteiger partial charge in [-0.2, -0.15) is 0 Å². The largest absolute Gasteiger partial charge is 0.361 e. The van der Waals surface area contributed by atoms with Crippen molar-refractivity contribution in [3.05, 3.63) is 36.0 Å². The monoisotopic (exact) mass is 330 g/mol. The topological polar surface area (TPSA) is 88.5 Å². The fourth-order valence-corrected chi connectivity index (χ4v) is 3.13. The van der Waals surface area contributed by atoms with Gasteiger partial charge in [0.05, 0.1) is 0 Å². The number of aryl methyl sites for hydroxylation is 1. The van der Waals surface area contributed by atoms with E-state index < -0.39 is 0 Å². The van der Waals surface area contributed by atoms with E-state index in [4.69, 9.17) is 0 Å². The number of para-hydroxylation sites is 1. The SMILES string of the molecule is Cn1nnnc1SCCC(=O)NCCc1c[nH]c2ccccc12. The van der Waals surface area contributed by atoms with Crippen LogP contribution in [0.4, 0.5) is 0 Å². The Kier molecular flexibility index (Phi) is 4.92. The van der Waals surface area contributed by atoms with Crippen molar-refractivity contribution in [2.45, 2.75) is 18.0 Å². The van der Waals surface area contributed by atoms with E-state index in [0.717, 1.165) is 17.1 Å². The molecule has 0 radical (unpaired) electrons. The Bertz CT molecular complexity index is 796. The smallest absolute Gasteiger partial charge is 0.220 e. The molecule has 2 heterocycles. The van der Waals surface area contributed by atoms with Gasteiger partial charge in [-0.1, -0.05) is 30.0 Å². The zero-order valence-electron chi connectivity index (χ0n) is 12.8. The van der Waals surface area contributed by atoms with Crippen molar-refractivity contribution in [1.29, 1.82) is 0 Å². The number of tetrazole rings is 1. The summed E-state index contributed by atoms with van der Waals surface area (Å²) in [6.07, 6.45) is 3.27. The molecular weight excluding hydrogens is 312 g/mol. The van der Waals surface area contributed by atoms with Gasteiger partial charge in [0.1, 0.15) is 0 Å². The molecule has 0 bridgehead atoms. The highest BCUT2D eigenvalue weighted by Crippen LogP contribution is 2.17. The summed E-state index contributed by atoms with van der Waals surface area (Å²) in [6, 6.07) is 8.18. The molecule has 1 amide bonds. The van der Waals surface area contributed by atoms with E-state index in [9.17, 15) is 4.79 Å². The summed E-state index contributed by atoms with van der Waals surface area (Å²) < 4.78 is 1.60. The molecule has 0 spiro atoms. The molecule has 0 saturated carbocycles. The number of nitrogens with one attached hydrogen (secondary N) is 2. The predicted molar refractivity (Wildman–Crippen MR) is 89.2 cm³/mol. The first kappa shape index (κ1) is 15.5. The maximum atomic E-state index is 11.9. The molecule has 0 atom stereocenters. The van der Waals surface area contributed by atoms with Gasteiger partial charge in [-0.05, 0) is 28.5 Å². The Morgan fingerprint density at radius 3 is 3.09 bits per heavy atom. The van der Waals surface area contributed by atoms with Crippen LogP contribution < -0.4 is 5.32 Å². The second kappa shape index (κ2) is 7.28. The second-order valence-electron chi connectivity index (χ2n) is 5.14. The summed E-state index contributed by atoms with van der Waals surface area (Å²) >= 11 is 1.48. The molecule has 3 rings (SSSR count). The van der Waals surface area contributed by atoms with E-state index in [-0.39, 0.29) is 5.91 Å². The Hall–Kier alpha value is -2.35. The predicted octanol–water partition coefficient (Wildman–Crippen LogP) is 1.53. The number of hydrogen-bond acceptors (Lipinski definition) is 5. The Morgan fingerprint density at radius 2 is 2.26 bits per heavy atom. The summed E-state index contributed by atoms with van der Waals surface area (Å²) in [5.74, 6) is 0.708. The maximum absolute atomic E-state index is 11.9. The molecule has 2 N–H and O–H groups in total. The van der Waals surface area contributed by atoms with Gasteiger partial charge in [0, 0.05) is 42.9 Å². The van der Waals surface area contributed by atoms with Gasteiger partial charge in [-0.15, -0.1) is 5.10 Å². The van der Waals surface area contributed by atoms with Crippen molar-refractivity contribution < 1.29 is 4.79 Å². The van der Waals surface area contributed by atoms with Crippen LogP contribution in [0.3, 0.4) is 0 Å². The lowest BCUT2D eigenvalue weighted by Gasteiger charge is -2.04. The average molecular weight is 330 g/mol. The van der Waals surface area contributed by atoms with E-state index in [1.165, 1.54) is 22.7 Å². The standard InChI is InChI=1S/C15H18N6OS/c1-21-15(18-19-20-21)23-9-7-14(22)16-8-6-11-10-17-13-5-3-2-4-12(11)13/h2-5,10,17H,6-9H2,1H3,(H,16,22). The number of nitrogens with zero attached hydrogens (tertiary/aromatic N) is 4. The number of thioether (sulfide) groups is 1. The van der Waals surface area contributed by atoms with Gasteiger partial charge in [-0.25, -0.2) is 4.68 Å². The van der Waals surface area contributed by atoms with Crippen LogP contribution in [0.25, 0.3) is 10.9 Å². The number of carbonyl (C=O) groups excluding carboxylic acids is 1. The summed E-state index contributed by atoms with van der Waals surface area (Å²) in [7, 11) is 1.78. The molecular formula is C15H18N6OS. The first-order chi connectivity index (χ1) is 11.2. The quantitative estimate of drug-likeness (QED) is 0.641. The minimum absolute atomic E-state index is 0.0486. The number of H-pyrrole nitrogens is 1. The summed E-state index contributed by atoms with van der Waals surface area (Å²) in [4.78, 5) is 15.1.